The summed E-state index contributed by atoms with van der Waals surface area (Å²) in [6.45, 7) is 1.94. The lowest BCUT2D eigenvalue weighted by Gasteiger charge is -2.14. The number of halogens is 1. The van der Waals surface area contributed by atoms with Crippen LogP contribution in [-0.2, 0) is 4.79 Å². The van der Waals surface area contributed by atoms with Crippen molar-refractivity contribution in [3.05, 3.63) is 98.7 Å². The second-order valence-electron chi connectivity index (χ2n) is 6.94. The van der Waals surface area contributed by atoms with Gasteiger partial charge in [-0.25, -0.2) is 10.4 Å². The van der Waals surface area contributed by atoms with E-state index < -0.39 is 0 Å². The Morgan fingerprint density at radius 2 is 1.81 bits per heavy atom. The van der Waals surface area contributed by atoms with Gasteiger partial charge in [0, 0.05) is 10.0 Å². The lowest BCUT2D eigenvalue weighted by molar-refractivity contribution is -0.118. The monoisotopic (exact) mass is 506 g/mol. The molecule has 0 aliphatic rings. The van der Waals surface area contributed by atoms with Crippen LogP contribution in [0.1, 0.15) is 11.1 Å². The fourth-order valence-electron chi connectivity index (χ4n) is 3.15. The quantitative estimate of drug-likeness (QED) is 0.178. The van der Waals surface area contributed by atoms with Crippen LogP contribution in [0.15, 0.2) is 92.3 Å². The van der Waals surface area contributed by atoms with Crippen molar-refractivity contribution in [2.45, 2.75) is 12.1 Å². The molecular weight excluding hydrogens is 488 g/mol. The molecule has 1 N–H and O–H groups in total. The maximum atomic E-state index is 13.3. The van der Waals surface area contributed by atoms with Gasteiger partial charge in [0.25, 0.3) is 11.5 Å². The molecule has 1 amide bonds. The van der Waals surface area contributed by atoms with Crippen LogP contribution < -0.4 is 11.0 Å². The third-order valence-electron chi connectivity index (χ3n) is 4.73. The van der Waals surface area contributed by atoms with E-state index in [1.54, 1.807) is 22.9 Å². The molecule has 3 aromatic carbocycles. The molecule has 4 rings (SSSR count). The molecule has 160 valence electrons. The van der Waals surface area contributed by atoms with Crippen LogP contribution in [-0.4, -0.2) is 27.4 Å². The molecular formula is C24H19BrN4O2S. The topological polar surface area (TPSA) is 76.3 Å². The Hall–Kier alpha value is -3.23. The van der Waals surface area contributed by atoms with Crippen molar-refractivity contribution in [2.75, 3.05) is 5.75 Å². The van der Waals surface area contributed by atoms with Gasteiger partial charge >= 0.3 is 0 Å². The minimum absolute atomic E-state index is 0.0595. The third kappa shape index (κ3) is 4.81. The van der Waals surface area contributed by atoms with E-state index >= 15 is 0 Å². The van der Waals surface area contributed by atoms with E-state index in [2.05, 4.69) is 31.4 Å². The van der Waals surface area contributed by atoms with Crippen molar-refractivity contribution in [3.63, 3.8) is 0 Å². The van der Waals surface area contributed by atoms with Gasteiger partial charge in [-0.15, -0.1) is 0 Å². The normalized spacial score (nSPS) is 11.2. The van der Waals surface area contributed by atoms with E-state index in [1.165, 1.54) is 11.8 Å². The standard InChI is InChI=1S/C24H19BrN4O2S/c1-16-8-2-7-13-21(16)29-23(31)18-10-4-6-12-20(18)27-24(29)32-15-22(30)28-26-14-17-9-3-5-11-19(17)25/h2-14H,15H2,1H3,(H,28,30)/b26-14-. The molecule has 8 heteroatoms. The summed E-state index contributed by atoms with van der Waals surface area (Å²) in [4.78, 5) is 30.3. The second kappa shape index (κ2) is 9.93. The lowest BCUT2D eigenvalue weighted by atomic mass is 10.2. The molecule has 0 saturated heterocycles. The predicted molar refractivity (Wildman–Crippen MR) is 133 cm³/mol. The van der Waals surface area contributed by atoms with Crippen molar-refractivity contribution in [3.8, 4) is 5.69 Å². The third-order valence-corrected chi connectivity index (χ3v) is 6.39. The lowest BCUT2D eigenvalue weighted by Crippen LogP contribution is -2.24. The first-order chi connectivity index (χ1) is 15.5. The van der Waals surface area contributed by atoms with Crippen LogP contribution in [0.2, 0.25) is 0 Å². The Morgan fingerprint density at radius 3 is 2.62 bits per heavy atom. The summed E-state index contributed by atoms with van der Waals surface area (Å²) in [7, 11) is 0. The van der Waals surface area contributed by atoms with E-state index in [0.29, 0.717) is 16.1 Å². The second-order valence-corrected chi connectivity index (χ2v) is 8.74. The molecule has 0 spiro atoms. The number of aryl methyl sites for hydroxylation is 1. The Balaban J connectivity index is 1.59. The van der Waals surface area contributed by atoms with Crippen molar-refractivity contribution in [2.24, 2.45) is 5.10 Å². The summed E-state index contributed by atoms with van der Waals surface area (Å²) < 4.78 is 2.45. The maximum absolute atomic E-state index is 13.3. The van der Waals surface area contributed by atoms with Crippen LogP contribution in [0.3, 0.4) is 0 Å². The van der Waals surface area contributed by atoms with Gasteiger partial charge in [0.05, 0.1) is 28.6 Å². The molecule has 1 heterocycles. The number of carbonyl (C=O) groups excluding carboxylic acids is 1. The number of rotatable bonds is 6. The fourth-order valence-corrected chi connectivity index (χ4v) is 4.34. The van der Waals surface area contributed by atoms with Gasteiger partial charge in [0.1, 0.15) is 0 Å². The van der Waals surface area contributed by atoms with Crippen molar-refractivity contribution >= 4 is 50.7 Å². The highest BCUT2D eigenvalue weighted by Gasteiger charge is 2.15. The zero-order valence-corrected chi connectivity index (χ0v) is 19.6. The summed E-state index contributed by atoms with van der Waals surface area (Å²) in [5.74, 6) is -0.235. The molecule has 4 aromatic rings. The van der Waals surface area contributed by atoms with E-state index in [4.69, 9.17) is 0 Å². The molecule has 0 bridgehead atoms. The highest BCUT2D eigenvalue weighted by atomic mass is 79.9. The average Bonchev–Trinajstić information content (AvgIpc) is 2.80. The SMILES string of the molecule is Cc1ccccc1-n1c(SCC(=O)N/N=C\c2ccccc2Br)nc2ccccc2c1=O. The number of fused-ring (bicyclic) bond motifs is 1. The zero-order valence-electron chi connectivity index (χ0n) is 17.2. The number of hydrogen-bond donors (Lipinski definition) is 1. The van der Waals surface area contributed by atoms with E-state index in [0.717, 1.165) is 21.3 Å². The van der Waals surface area contributed by atoms with Gasteiger partial charge in [-0.1, -0.05) is 76.2 Å². The molecule has 6 nitrogen and oxygen atoms in total. The van der Waals surface area contributed by atoms with E-state index in [1.807, 2.05) is 67.6 Å². The molecule has 1 aromatic heterocycles. The number of carbonyl (C=O) groups is 1. The van der Waals surface area contributed by atoms with Gasteiger partial charge < -0.3 is 0 Å². The van der Waals surface area contributed by atoms with Crippen molar-refractivity contribution in [1.82, 2.24) is 15.0 Å². The Bertz CT molecular complexity index is 1380. The minimum atomic E-state index is -0.294. The van der Waals surface area contributed by atoms with Crippen LogP contribution in [0.5, 0.6) is 0 Å². The number of para-hydroxylation sites is 2. The maximum Gasteiger partial charge on any atom is 0.266 e. The van der Waals surface area contributed by atoms with Gasteiger partial charge in [-0.2, -0.15) is 5.10 Å². The zero-order chi connectivity index (χ0) is 22.5. The summed E-state index contributed by atoms with van der Waals surface area (Å²) in [6.07, 6.45) is 1.57. The fraction of sp³-hybridized carbons (Fsp3) is 0.0833. The smallest absolute Gasteiger partial charge is 0.266 e. The number of nitrogens with zero attached hydrogens (tertiary/aromatic N) is 3. The van der Waals surface area contributed by atoms with Crippen molar-refractivity contribution in [1.29, 1.82) is 0 Å². The van der Waals surface area contributed by atoms with Crippen LogP contribution in [0.25, 0.3) is 16.6 Å². The van der Waals surface area contributed by atoms with E-state index in [-0.39, 0.29) is 17.2 Å². The molecule has 0 aliphatic carbocycles. The first-order valence-corrected chi connectivity index (χ1v) is 11.6. The van der Waals surface area contributed by atoms with E-state index in [9.17, 15) is 9.59 Å². The highest BCUT2D eigenvalue weighted by molar-refractivity contribution is 9.10. The van der Waals surface area contributed by atoms with Crippen LogP contribution in [0, 0.1) is 6.92 Å². The first-order valence-electron chi connectivity index (χ1n) is 9.81. The minimum Gasteiger partial charge on any atom is -0.272 e. The van der Waals surface area contributed by atoms with Gasteiger partial charge in [-0.3, -0.25) is 14.2 Å². The molecule has 0 unspecified atom stereocenters. The van der Waals surface area contributed by atoms with Crippen LogP contribution >= 0.6 is 27.7 Å². The van der Waals surface area contributed by atoms with Crippen molar-refractivity contribution < 1.29 is 4.79 Å². The molecule has 0 atom stereocenters. The molecule has 0 saturated carbocycles. The van der Waals surface area contributed by atoms with Gasteiger partial charge in [-0.05, 0) is 36.8 Å². The number of amides is 1. The molecule has 0 fully saturated rings. The number of benzene rings is 3. The Kier molecular flexibility index (Phi) is 6.82. The molecule has 0 radical (unpaired) electrons. The number of aromatic nitrogens is 2. The number of hydrogen-bond acceptors (Lipinski definition) is 5. The summed E-state index contributed by atoms with van der Waals surface area (Å²) >= 11 is 4.63. The highest BCUT2D eigenvalue weighted by Crippen LogP contribution is 2.23. The first kappa shape index (κ1) is 22.0. The number of thioether (sulfide) groups is 1. The average molecular weight is 507 g/mol. The predicted octanol–water partition coefficient (Wildman–Crippen LogP) is 4.70. The summed E-state index contributed by atoms with van der Waals surface area (Å²) in [5.41, 5.74) is 5.49. The molecule has 32 heavy (non-hydrogen) atoms. The number of hydrazone groups is 1. The Labute approximate surface area is 197 Å². The largest absolute Gasteiger partial charge is 0.272 e. The van der Waals surface area contributed by atoms with Gasteiger partial charge in [0.15, 0.2) is 5.16 Å². The van der Waals surface area contributed by atoms with Crippen LogP contribution in [0.4, 0.5) is 0 Å². The van der Waals surface area contributed by atoms with Gasteiger partial charge in [0.2, 0.25) is 0 Å². The summed E-state index contributed by atoms with van der Waals surface area (Å²) in [5, 5.41) is 5.00. The molecule has 0 aliphatic heterocycles. The number of nitrogens with one attached hydrogen (secondary N) is 1. The Morgan fingerprint density at radius 1 is 1.09 bits per heavy atom. The summed E-state index contributed by atoms with van der Waals surface area (Å²) in [6, 6.07) is 22.4.